The number of aryl methyl sites for hydroxylation is 1. The maximum Gasteiger partial charge on any atom is 0.263 e. The van der Waals surface area contributed by atoms with Gasteiger partial charge in [0.15, 0.2) is 12.1 Å². The third-order valence-corrected chi connectivity index (χ3v) is 5.63. The number of nitrogens with zero attached hydrogens (tertiary/aromatic N) is 4. The van der Waals surface area contributed by atoms with Crippen molar-refractivity contribution in [1.82, 2.24) is 5.01 Å². The van der Waals surface area contributed by atoms with Crippen LogP contribution >= 0.6 is 0 Å². The molecule has 2 aromatic carbocycles. The number of hydrogen-bond donors (Lipinski definition) is 1. The molecule has 160 valence electrons. The molecule has 0 aliphatic carbocycles. The quantitative estimate of drug-likeness (QED) is 0.727. The van der Waals surface area contributed by atoms with Gasteiger partial charge in [-0.15, -0.1) is 0 Å². The van der Waals surface area contributed by atoms with Gasteiger partial charge in [0.05, 0.1) is 5.69 Å². The zero-order chi connectivity index (χ0) is 22.1. The normalized spacial score (nSPS) is 20.0. The molecule has 2 heterocycles. The van der Waals surface area contributed by atoms with Crippen LogP contribution in [0.5, 0.6) is 0 Å². The van der Waals surface area contributed by atoms with Crippen molar-refractivity contribution >= 4 is 29.1 Å². The first-order valence-corrected chi connectivity index (χ1v) is 10.4. The van der Waals surface area contributed by atoms with Crippen LogP contribution in [0, 0.1) is 0 Å². The number of nitrogens with one attached hydrogen (secondary N) is 1. The summed E-state index contributed by atoms with van der Waals surface area (Å²) in [4.78, 5) is 39.5. The lowest BCUT2D eigenvalue weighted by Gasteiger charge is -2.20. The lowest BCUT2D eigenvalue weighted by molar-refractivity contribution is -0.123. The van der Waals surface area contributed by atoms with Gasteiger partial charge in [0.2, 0.25) is 5.91 Å². The van der Waals surface area contributed by atoms with Gasteiger partial charge in [0, 0.05) is 5.69 Å². The van der Waals surface area contributed by atoms with Crippen LogP contribution in [0.3, 0.4) is 0 Å². The number of benzene rings is 2. The van der Waals surface area contributed by atoms with Gasteiger partial charge in [-0.3, -0.25) is 19.4 Å². The van der Waals surface area contributed by atoms with Crippen LogP contribution in [0.15, 0.2) is 58.9 Å². The molecule has 2 aromatic rings. The topological polar surface area (TPSA) is 94.4 Å². The van der Waals surface area contributed by atoms with Gasteiger partial charge in [-0.05, 0) is 47.7 Å². The minimum absolute atomic E-state index is 0.167. The van der Waals surface area contributed by atoms with Crippen molar-refractivity contribution < 1.29 is 14.4 Å². The average molecular weight is 419 g/mol. The summed E-state index contributed by atoms with van der Waals surface area (Å²) in [7, 11) is 0. The summed E-state index contributed by atoms with van der Waals surface area (Å²) in [5.74, 6) is -0.824. The molecule has 3 amide bonds. The highest BCUT2D eigenvalue weighted by atomic mass is 16.2. The van der Waals surface area contributed by atoms with Crippen LogP contribution in [0.4, 0.5) is 11.4 Å². The molecule has 1 saturated heterocycles. The molecule has 2 aliphatic heterocycles. The van der Waals surface area contributed by atoms with E-state index in [-0.39, 0.29) is 12.5 Å². The highest BCUT2D eigenvalue weighted by Crippen LogP contribution is 2.32. The number of carbonyl (C=O) groups is 3. The predicted molar refractivity (Wildman–Crippen MR) is 117 cm³/mol. The van der Waals surface area contributed by atoms with Crippen LogP contribution in [0.1, 0.15) is 37.8 Å². The molecule has 0 spiro atoms. The second-order valence-electron chi connectivity index (χ2n) is 8.05. The molecule has 0 radical (unpaired) electrons. The fourth-order valence-corrected chi connectivity index (χ4v) is 3.79. The Hall–Kier alpha value is -3.55. The van der Waals surface area contributed by atoms with E-state index < -0.39 is 23.9 Å². The van der Waals surface area contributed by atoms with Crippen molar-refractivity contribution in [3.8, 4) is 0 Å². The van der Waals surface area contributed by atoms with E-state index in [0.717, 1.165) is 16.9 Å². The van der Waals surface area contributed by atoms with Crippen molar-refractivity contribution in [1.29, 1.82) is 0 Å². The average Bonchev–Trinajstić information content (AvgIpc) is 3.28. The van der Waals surface area contributed by atoms with E-state index >= 15 is 0 Å². The summed E-state index contributed by atoms with van der Waals surface area (Å²) in [5.41, 5.74) is 3.46. The zero-order valence-electron chi connectivity index (χ0n) is 17.8. The van der Waals surface area contributed by atoms with Gasteiger partial charge in [-0.2, -0.15) is 5.11 Å². The Morgan fingerprint density at radius 2 is 1.71 bits per heavy atom. The van der Waals surface area contributed by atoms with Gasteiger partial charge >= 0.3 is 0 Å². The largest absolute Gasteiger partial charge is 0.324 e. The monoisotopic (exact) mass is 419 g/mol. The first kappa shape index (κ1) is 20.7. The number of imide groups is 1. The Bertz CT molecular complexity index is 1030. The Balaban J connectivity index is 1.45. The van der Waals surface area contributed by atoms with E-state index in [1.54, 1.807) is 12.1 Å². The van der Waals surface area contributed by atoms with E-state index in [2.05, 4.69) is 36.4 Å². The maximum absolute atomic E-state index is 13.0. The van der Waals surface area contributed by atoms with Gasteiger partial charge in [-0.1, -0.05) is 50.3 Å². The Labute approximate surface area is 180 Å². The van der Waals surface area contributed by atoms with Crippen molar-refractivity contribution in [3.05, 3.63) is 59.7 Å². The number of rotatable bonds is 6. The second-order valence-corrected chi connectivity index (χ2v) is 8.05. The van der Waals surface area contributed by atoms with Crippen LogP contribution in [0.25, 0.3) is 0 Å². The minimum Gasteiger partial charge on any atom is -0.324 e. The molecule has 8 nitrogen and oxygen atoms in total. The van der Waals surface area contributed by atoms with Crippen molar-refractivity contribution in [2.45, 2.75) is 45.2 Å². The van der Waals surface area contributed by atoms with Gasteiger partial charge < -0.3 is 5.32 Å². The summed E-state index contributed by atoms with van der Waals surface area (Å²) < 4.78 is 0. The van der Waals surface area contributed by atoms with Crippen LogP contribution in [0.2, 0.25) is 0 Å². The summed E-state index contributed by atoms with van der Waals surface area (Å²) in [6.07, 6.45) is 0.915. The molecular weight excluding hydrogens is 394 g/mol. The fraction of sp³-hybridized carbons (Fsp3) is 0.348. The van der Waals surface area contributed by atoms with Crippen molar-refractivity contribution in [2.24, 2.45) is 10.3 Å². The summed E-state index contributed by atoms with van der Waals surface area (Å²) >= 11 is 0. The summed E-state index contributed by atoms with van der Waals surface area (Å²) in [5, 5.41) is 12.0. The molecule has 1 N–H and O–H groups in total. The molecule has 2 aliphatic rings. The molecule has 1 fully saturated rings. The van der Waals surface area contributed by atoms with Crippen LogP contribution in [-0.2, 0) is 20.8 Å². The van der Waals surface area contributed by atoms with E-state index in [1.165, 1.54) is 10.6 Å². The fourth-order valence-electron chi connectivity index (χ4n) is 3.79. The van der Waals surface area contributed by atoms with Crippen LogP contribution in [-0.4, -0.2) is 41.4 Å². The molecule has 8 heteroatoms. The highest BCUT2D eigenvalue weighted by Gasteiger charge is 2.55. The highest BCUT2D eigenvalue weighted by molar-refractivity contribution is 6.25. The van der Waals surface area contributed by atoms with E-state index in [1.807, 2.05) is 36.4 Å². The van der Waals surface area contributed by atoms with Gasteiger partial charge in [0.1, 0.15) is 6.54 Å². The maximum atomic E-state index is 13.0. The molecule has 0 bridgehead atoms. The number of anilines is 2. The molecule has 31 heavy (non-hydrogen) atoms. The minimum atomic E-state index is -0.922. The van der Waals surface area contributed by atoms with Crippen molar-refractivity contribution in [2.75, 3.05) is 16.8 Å². The zero-order valence-corrected chi connectivity index (χ0v) is 17.8. The molecule has 4 rings (SSSR count). The number of carbonyl (C=O) groups excluding carboxylic acids is 3. The Kier molecular flexibility index (Phi) is 5.54. The molecule has 0 aromatic heterocycles. The smallest absolute Gasteiger partial charge is 0.263 e. The molecule has 0 unspecified atom stereocenters. The van der Waals surface area contributed by atoms with E-state index in [0.29, 0.717) is 17.3 Å². The SMILES string of the molecule is CCc1ccc(NC(=O)CN2N=N[C@@H]3C(=O)N(c4ccc(C(C)C)cc4)C(=O)[C@H]32)cc1. The summed E-state index contributed by atoms with van der Waals surface area (Å²) in [6, 6.07) is 13.1. The van der Waals surface area contributed by atoms with Crippen LogP contribution < -0.4 is 10.2 Å². The number of fused-ring (bicyclic) bond motifs is 1. The first-order chi connectivity index (χ1) is 14.9. The summed E-state index contributed by atoms with van der Waals surface area (Å²) in [6.45, 7) is 6.05. The molecular formula is C23H25N5O3. The van der Waals surface area contributed by atoms with E-state index in [9.17, 15) is 14.4 Å². The standard InChI is InChI=1S/C23H25N5O3/c1-4-15-5-9-17(10-6-15)24-19(29)13-27-21-20(25-26-27)22(30)28(23(21)31)18-11-7-16(8-12-18)14(2)3/h5-12,14,20-21H,4,13H2,1-3H3,(H,24,29)/t20-,21-/m0/s1. The number of hydrogen-bond acceptors (Lipinski definition) is 6. The third-order valence-electron chi connectivity index (χ3n) is 5.63. The Morgan fingerprint density at radius 1 is 1.03 bits per heavy atom. The lowest BCUT2D eigenvalue weighted by Crippen LogP contribution is -2.43. The second kappa shape index (κ2) is 8.29. The predicted octanol–water partition coefficient (Wildman–Crippen LogP) is 3.30. The van der Waals surface area contributed by atoms with Crippen molar-refractivity contribution in [3.63, 3.8) is 0 Å². The first-order valence-electron chi connectivity index (χ1n) is 10.4. The lowest BCUT2D eigenvalue weighted by atomic mass is 10.0. The Morgan fingerprint density at radius 3 is 2.32 bits per heavy atom. The molecule has 0 saturated carbocycles. The number of amides is 3. The third kappa shape index (κ3) is 3.93. The van der Waals surface area contributed by atoms with Gasteiger partial charge in [-0.25, -0.2) is 4.90 Å². The van der Waals surface area contributed by atoms with Gasteiger partial charge in [0.25, 0.3) is 11.8 Å². The van der Waals surface area contributed by atoms with E-state index in [4.69, 9.17) is 0 Å². The molecule has 2 atom stereocenters.